The molecule has 5 heteroatoms. The van der Waals surface area contributed by atoms with Crippen LogP contribution in [0.3, 0.4) is 0 Å². The molecule has 0 amide bonds. The molecule has 210 valence electrons. The van der Waals surface area contributed by atoms with E-state index in [-0.39, 0.29) is 23.2 Å². The molecular weight excluding hydrogens is 474 g/mol. The van der Waals surface area contributed by atoms with Crippen LogP contribution in [0.25, 0.3) is 0 Å². The molecule has 1 saturated heterocycles. The molecule has 1 aromatic carbocycles. The highest BCUT2D eigenvalue weighted by atomic mass is 16.5. The first-order chi connectivity index (χ1) is 18.4. The van der Waals surface area contributed by atoms with E-state index in [1.165, 1.54) is 75.6 Å². The number of hydrogen-bond acceptors (Lipinski definition) is 4. The van der Waals surface area contributed by atoms with Crippen molar-refractivity contribution in [2.24, 2.45) is 23.7 Å². The smallest absolute Gasteiger partial charge is 0.314 e. The topological polar surface area (TPSA) is 66.8 Å². The number of ether oxygens (including phenoxy) is 1. The molecule has 1 heterocycles. The second-order valence-corrected chi connectivity index (χ2v) is 13.2. The number of unbranched alkanes of at least 4 members (excludes halogenated alkanes) is 3. The van der Waals surface area contributed by atoms with Crippen LogP contribution in [-0.2, 0) is 21.4 Å². The van der Waals surface area contributed by atoms with Crippen LogP contribution in [0.2, 0.25) is 0 Å². The van der Waals surface area contributed by atoms with Gasteiger partial charge in [-0.1, -0.05) is 64.9 Å². The van der Waals surface area contributed by atoms with Crippen molar-refractivity contribution in [1.82, 2.24) is 4.90 Å². The van der Waals surface area contributed by atoms with Crippen LogP contribution in [0.4, 0.5) is 0 Å². The lowest BCUT2D eigenvalue weighted by Gasteiger charge is -2.59. The summed E-state index contributed by atoms with van der Waals surface area (Å²) in [5.41, 5.74) is 3.27. The van der Waals surface area contributed by atoms with Crippen LogP contribution in [0, 0.1) is 23.7 Å². The van der Waals surface area contributed by atoms with Gasteiger partial charge in [0.05, 0.1) is 11.8 Å². The van der Waals surface area contributed by atoms with E-state index in [0.29, 0.717) is 6.04 Å². The highest BCUT2D eigenvalue weighted by Gasteiger charge is 2.54. The zero-order chi connectivity index (χ0) is 26.7. The fraction of sp³-hybridized carbons (Fsp3) is 0.758. The molecule has 4 aliphatic rings. The average molecular weight is 524 g/mol. The van der Waals surface area contributed by atoms with Crippen molar-refractivity contribution in [1.29, 1.82) is 0 Å². The van der Waals surface area contributed by atoms with Gasteiger partial charge in [0.15, 0.2) is 0 Å². The zero-order valence-electron chi connectivity index (χ0n) is 23.8. The predicted octanol–water partition coefficient (Wildman–Crippen LogP) is 7.15. The van der Waals surface area contributed by atoms with Crippen molar-refractivity contribution in [2.45, 2.75) is 122 Å². The highest BCUT2D eigenvalue weighted by molar-refractivity contribution is 5.75. The Morgan fingerprint density at radius 1 is 1.00 bits per heavy atom. The third kappa shape index (κ3) is 5.83. The van der Waals surface area contributed by atoms with Gasteiger partial charge in [0, 0.05) is 18.0 Å². The van der Waals surface area contributed by atoms with Crippen LogP contribution in [0.1, 0.15) is 115 Å². The van der Waals surface area contributed by atoms with Crippen molar-refractivity contribution in [2.75, 3.05) is 13.1 Å². The number of fused-ring (bicyclic) bond motifs is 1. The summed E-state index contributed by atoms with van der Waals surface area (Å²) in [4.78, 5) is 26.8. The number of carbonyl (C=O) groups is 2. The molecule has 3 aliphatic carbocycles. The second-order valence-electron chi connectivity index (χ2n) is 13.2. The van der Waals surface area contributed by atoms with Crippen LogP contribution >= 0.6 is 0 Å². The van der Waals surface area contributed by atoms with Gasteiger partial charge in [0.1, 0.15) is 5.75 Å². The molecule has 1 N–H and O–H groups in total. The number of piperidine rings is 1. The maximum atomic E-state index is 12.9. The van der Waals surface area contributed by atoms with E-state index in [2.05, 4.69) is 17.0 Å². The molecule has 1 aliphatic heterocycles. The van der Waals surface area contributed by atoms with Crippen LogP contribution < -0.4 is 4.74 Å². The maximum absolute atomic E-state index is 12.9. The van der Waals surface area contributed by atoms with Gasteiger partial charge in [-0.2, -0.15) is 0 Å². The zero-order valence-corrected chi connectivity index (χ0v) is 23.8. The first-order valence-electron chi connectivity index (χ1n) is 15.7. The number of carbonyl (C=O) groups excluding carboxylic acids is 1. The van der Waals surface area contributed by atoms with E-state index in [0.717, 1.165) is 62.5 Å². The summed E-state index contributed by atoms with van der Waals surface area (Å²) in [6.45, 7) is 6.28. The van der Waals surface area contributed by atoms with Gasteiger partial charge in [0.25, 0.3) is 0 Å². The van der Waals surface area contributed by atoms with Gasteiger partial charge in [-0.05, 0) is 93.0 Å². The third-order valence-corrected chi connectivity index (χ3v) is 10.7. The fourth-order valence-corrected chi connectivity index (χ4v) is 8.07. The largest absolute Gasteiger partial charge is 0.481 e. The summed E-state index contributed by atoms with van der Waals surface area (Å²) in [5, 5.41) is 9.00. The number of rotatable bonds is 12. The molecular formula is C33H49NO4. The lowest BCUT2D eigenvalue weighted by molar-refractivity contribution is -0.141. The van der Waals surface area contributed by atoms with Gasteiger partial charge in [-0.3, -0.25) is 14.5 Å². The molecule has 3 fully saturated rings. The molecule has 5 nitrogen and oxygen atoms in total. The third-order valence-electron chi connectivity index (χ3n) is 10.7. The minimum atomic E-state index is -0.712. The Hall–Kier alpha value is -1.88. The van der Waals surface area contributed by atoms with Gasteiger partial charge >= 0.3 is 11.9 Å². The highest BCUT2D eigenvalue weighted by Crippen LogP contribution is 2.56. The number of hydrogen-bond donors (Lipinski definition) is 1. The molecule has 0 radical (unpaired) electrons. The Balaban J connectivity index is 1.18. The van der Waals surface area contributed by atoms with E-state index in [1.54, 1.807) is 6.92 Å². The minimum Gasteiger partial charge on any atom is -0.481 e. The number of likely N-dealkylation sites (tertiary alicyclic amines) is 1. The summed E-state index contributed by atoms with van der Waals surface area (Å²) in [5.74, 6) is 1.19. The predicted molar refractivity (Wildman–Crippen MR) is 150 cm³/mol. The number of nitrogens with zero attached hydrogens (tertiary/aromatic N) is 1. The van der Waals surface area contributed by atoms with Crippen molar-refractivity contribution >= 4 is 11.9 Å². The van der Waals surface area contributed by atoms with Gasteiger partial charge in [-0.25, -0.2) is 0 Å². The molecule has 0 spiro atoms. The summed E-state index contributed by atoms with van der Waals surface area (Å²) >= 11 is 0. The SMILES string of the molecule is CC(CCCCCCC(C)C(=O)Oc1ccc2c(c1)[C@@]13CCCC[C@H]1[C@@H](C2)N(CC1CCC1)CC3)C(=O)O. The molecule has 5 atom stereocenters. The molecule has 5 rings (SSSR count). The molecule has 2 bridgehead atoms. The molecule has 1 aromatic rings. The quantitative estimate of drug-likeness (QED) is 0.179. The van der Waals surface area contributed by atoms with Crippen molar-refractivity contribution in [3.63, 3.8) is 0 Å². The van der Waals surface area contributed by atoms with Gasteiger partial charge in [0.2, 0.25) is 0 Å². The lowest BCUT2D eigenvalue weighted by atomic mass is 9.52. The number of carboxylic acid groups (broad SMARTS) is 1. The number of carboxylic acids is 1. The number of aliphatic carboxylic acids is 1. The van der Waals surface area contributed by atoms with E-state index in [1.807, 2.05) is 13.0 Å². The summed E-state index contributed by atoms with van der Waals surface area (Å²) in [6, 6.07) is 7.25. The molecule has 2 unspecified atom stereocenters. The van der Waals surface area contributed by atoms with Crippen LogP contribution in [0.15, 0.2) is 18.2 Å². The Kier molecular flexibility index (Phi) is 8.82. The second kappa shape index (κ2) is 12.1. The monoisotopic (exact) mass is 523 g/mol. The normalized spacial score (nSPS) is 28.5. The Morgan fingerprint density at radius 3 is 2.47 bits per heavy atom. The van der Waals surface area contributed by atoms with E-state index in [4.69, 9.17) is 9.84 Å². The van der Waals surface area contributed by atoms with Crippen molar-refractivity contribution in [3.05, 3.63) is 29.3 Å². The molecule has 0 aromatic heterocycles. The van der Waals surface area contributed by atoms with E-state index < -0.39 is 5.97 Å². The van der Waals surface area contributed by atoms with Crippen molar-refractivity contribution < 1.29 is 19.4 Å². The fourth-order valence-electron chi connectivity index (χ4n) is 8.07. The minimum absolute atomic E-state index is 0.119. The van der Waals surface area contributed by atoms with Crippen LogP contribution in [0.5, 0.6) is 5.75 Å². The Labute approximate surface area is 229 Å². The van der Waals surface area contributed by atoms with Gasteiger partial charge in [-0.15, -0.1) is 0 Å². The molecule has 38 heavy (non-hydrogen) atoms. The standard InChI is InChI=1S/C33H49NO4/c1-23(31(35)36)10-5-3-4-6-11-24(2)32(37)38-27-16-15-26-20-30-28-14-7-8-17-33(28,29(26)21-27)18-19-34(30)22-25-12-9-13-25/h15-16,21,23-25,28,30H,3-14,17-20,22H2,1-2H3,(H,35,36)/t23?,24?,28-,30+,33+/m0/s1. The lowest BCUT2D eigenvalue weighted by Crippen LogP contribution is -2.61. The maximum Gasteiger partial charge on any atom is 0.314 e. The summed E-state index contributed by atoms with van der Waals surface area (Å²) < 4.78 is 5.97. The van der Waals surface area contributed by atoms with E-state index in [9.17, 15) is 9.59 Å². The van der Waals surface area contributed by atoms with Crippen LogP contribution in [-0.4, -0.2) is 41.1 Å². The van der Waals surface area contributed by atoms with Crippen molar-refractivity contribution in [3.8, 4) is 5.75 Å². The average Bonchev–Trinajstić information content (AvgIpc) is 2.89. The first kappa shape index (κ1) is 27.7. The number of benzene rings is 1. The number of esters is 1. The summed E-state index contributed by atoms with van der Waals surface area (Å²) in [6.07, 6.45) is 17.5. The Morgan fingerprint density at radius 2 is 1.76 bits per heavy atom. The molecule has 2 saturated carbocycles. The van der Waals surface area contributed by atoms with Gasteiger partial charge < -0.3 is 9.84 Å². The first-order valence-corrected chi connectivity index (χ1v) is 15.7. The summed E-state index contributed by atoms with van der Waals surface area (Å²) in [7, 11) is 0. The Bertz CT molecular complexity index is 987. The van der Waals surface area contributed by atoms with E-state index >= 15 is 0 Å².